The van der Waals surface area contributed by atoms with E-state index in [2.05, 4.69) is 9.84 Å². The fraction of sp³-hybridized carbons (Fsp3) is 0.188. The van der Waals surface area contributed by atoms with E-state index in [1.807, 2.05) is 12.1 Å². The van der Waals surface area contributed by atoms with Gasteiger partial charge in [-0.3, -0.25) is 5.01 Å². The van der Waals surface area contributed by atoms with Crippen LogP contribution in [0.5, 0.6) is 5.75 Å². The van der Waals surface area contributed by atoms with Gasteiger partial charge in [-0.1, -0.05) is 23.7 Å². The molecule has 0 atom stereocenters. The number of alkyl halides is 3. The van der Waals surface area contributed by atoms with Crippen LogP contribution in [-0.2, 0) is 0 Å². The van der Waals surface area contributed by atoms with E-state index in [0.717, 1.165) is 17.7 Å². The van der Waals surface area contributed by atoms with Gasteiger partial charge in [0.25, 0.3) is 0 Å². The quantitative estimate of drug-likeness (QED) is 0.797. The molecule has 0 saturated heterocycles. The van der Waals surface area contributed by atoms with Crippen molar-refractivity contribution < 1.29 is 17.9 Å². The lowest BCUT2D eigenvalue weighted by molar-refractivity contribution is -0.274. The van der Waals surface area contributed by atoms with E-state index in [9.17, 15) is 13.2 Å². The summed E-state index contributed by atoms with van der Waals surface area (Å²) in [6.45, 7) is 0.664. The summed E-state index contributed by atoms with van der Waals surface area (Å²) in [6, 6.07) is 13.0. The number of anilines is 1. The highest BCUT2D eigenvalue weighted by atomic mass is 35.5. The van der Waals surface area contributed by atoms with Gasteiger partial charge in [-0.15, -0.1) is 13.2 Å². The zero-order chi connectivity index (χ0) is 16.4. The molecule has 2 aromatic carbocycles. The summed E-state index contributed by atoms with van der Waals surface area (Å²) in [5.41, 5.74) is 2.61. The molecule has 0 aliphatic carbocycles. The molecule has 7 heteroatoms. The average Bonchev–Trinajstić information content (AvgIpc) is 2.97. The molecule has 1 heterocycles. The summed E-state index contributed by atoms with van der Waals surface area (Å²) in [7, 11) is 0. The molecule has 23 heavy (non-hydrogen) atoms. The standard InChI is InChI=1S/C16H12ClF3N2O/c17-12-3-1-11(2-4-12)15-9-10-22(21-15)13-5-7-14(8-6-13)23-16(18,19)20/h1-8H,9-10H2. The number of nitrogens with zero attached hydrogens (tertiary/aromatic N) is 2. The Hall–Kier alpha value is -2.21. The molecule has 1 aliphatic heterocycles. The van der Waals surface area contributed by atoms with Gasteiger partial charge < -0.3 is 4.74 Å². The molecule has 0 bridgehead atoms. The Morgan fingerprint density at radius 3 is 2.26 bits per heavy atom. The first-order valence-electron chi connectivity index (χ1n) is 6.87. The van der Waals surface area contributed by atoms with Crippen molar-refractivity contribution in [3.8, 4) is 5.75 Å². The Balaban J connectivity index is 1.74. The minimum atomic E-state index is -4.69. The second-order valence-corrected chi connectivity index (χ2v) is 5.40. The normalized spacial score (nSPS) is 14.8. The lowest BCUT2D eigenvalue weighted by Crippen LogP contribution is -2.17. The van der Waals surface area contributed by atoms with Crippen LogP contribution in [0.15, 0.2) is 53.6 Å². The van der Waals surface area contributed by atoms with Gasteiger partial charge in [-0.25, -0.2) is 0 Å². The third-order valence-corrected chi connectivity index (χ3v) is 3.60. The van der Waals surface area contributed by atoms with Crippen LogP contribution in [-0.4, -0.2) is 18.6 Å². The summed E-state index contributed by atoms with van der Waals surface area (Å²) >= 11 is 5.86. The minimum absolute atomic E-state index is 0.248. The molecule has 0 fully saturated rings. The van der Waals surface area contributed by atoms with Crippen LogP contribution >= 0.6 is 11.6 Å². The number of hydrazone groups is 1. The molecule has 0 aromatic heterocycles. The van der Waals surface area contributed by atoms with Crippen molar-refractivity contribution in [2.24, 2.45) is 5.10 Å². The Bertz CT molecular complexity index is 712. The van der Waals surface area contributed by atoms with E-state index in [4.69, 9.17) is 11.6 Å². The van der Waals surface area contributed by atoms with E-state index in [0.29, 0.717) is 17.3 Å². The summed E-state index contributed by atoms with van der Waals surface area (Å²) in [5, 5.41) is 6.91. The smallest absolute Gasteiger partial charge is 0.406 e. The Labute approximate surface area is 135 Å². The van der Waals surface area contributed by atoms with Crippen LogP contribution in [0, 0.1) is 0 Å². The second kappa shape index (κ2) is 6.12. The number of ether oxygens (including phenoxy) is 1. The summed E-state index contributed by atoms with van der Waals surface area (Å²) in [5.74, 6) is -0.248. The molecule has 0 amide bonds. The maximum absolute atomic E-state index is 12.1. The zero-order valence-electron chi connectivity index (χ0n) is 11.8. The van der Waals surface area contributed by atoms with Gasteiger partial charge in [0, 0.05) is 18.0 Å². The summed E-state index contributed by atoms with van der Waals surface area (Å²) in [4.78, 5) is 0. The Kier molecular flexibility index (Phi) is 4.17. The highest BCUT2D eigenvalue weighted by molar-refractivity contribution is 6.30. The third-order valence-electron chi connectivity index (χ3n) is 3.35. The number of hydrogen-bond donors (Lipinski definition) is 0. The molecule has 0 N–H and O–H groups in total. The molecule has 3 nitrogen and oxygen atoms in total. The van der Waals surface area contributed by atoms with Crippen molar-refractivity contribution in [2.45, 2.75) is 12.8 Å². The van der Waals surface area contributed by atoms with Crippen molar-refractivity contribution in [1.82, 2.24) is 0 Å². The monoisotopic (exact) mass is 340 g/mol. The molecule has 0 unspecified atom stereocenters. The topological polar surface area (TPSA) is 24.8 Å². The first kappa shape index (κ1) is 15.7. The van der Waals surface area contributed by atoms with Gasteiger partial charge in [0.1, 0.15) is 5.75 Å². The molecule has 0 spiro atoms. The van der Waals surface area contributed by atoms with Crippen molar-refractivity contribution in [3.05, 3.63) is 59.1 Å². The molecule has 2 aromatic rings. The van der Waals surface area contributed by atoms with Crippen LogP contribution in [0.1, 0.15) is 12.0 Å². The van der Waals surface area contributed by atoms with Crippen LogP contribution < -0.4 is 9.75 Å². The van der Waals surface area contributed by atoms with Crippen LogP contribution in [0.4, 0.5) is 18.9 Å². The van der Waals surface area contributed by atoms with Crippen LogP contribution in [0.25, 0.3) is 0 Å². The number of halogens is 4. The third kappa shape index (κ3) is 3.96. The average molecular weight is 341 g/mol. The fourth-order valence-electron chi connectivity index (χ4n) is 2.31. The largest absolute Gasteiger partial charge is 0.573 e. The van der Waals surface area contributed by atoms with Gasteiger partial charge >= 0.3 is 6.36 Å². The van der Waals surface area contributed by atoms with Gasteiger partial charge in [0.05, 0.1) is 11.4 Å². The summed E-state index contributed by atoms with van der Waals surface area (Å²) in [6.07, 6.45) is -3.93. The van der Waals surface area contributed by atoms with Crippen molar-refractivity contribution in [1.29, 1.82) is 0 Å². The van der Waals surface area contributed by atoms with Gasteiger partial charge in [-0.05, 0) is 42.0 Å². The van der Waals surface area contributed by atoms with E-state index < -0.39 is 6.36 Å². The molecule has 0 saturated carbocycles. The predicted molar refractivity (Wildman–Crippen MR) is 83.1 cm³/mol. The Morgan fingerprint density at radius 2 is 1.65 bits per heavy atom. The molecule has 0 radical (unpaired) electrons. The maximum Gasteiger partial charge on any atom is 0.573 e. The van der Waals surface area contributed by atoms with Crippen molar-refractivity contribution in [3.63, 3.8) is 0 Å². The first-order valence-corrected chi connectivity index (χ1v) is 7.25. The maximum atomic E-state index is 12.1. The van der Waals surface area contributed by atoms with E-state index in [1.54, 1.807) is 29.3 Å². The first-order chi connectivity index (χ1) is 10.9. The van der Waals surface area contributed by atoms with E-state index in [-0.39, 0.29) is 5.75 Å². The SMILES string of the molecule is FC(F)(F)Oc1ccc(N2CCC(c3ccc(Cl)cc3)=N2)cc1. The lowest BCUT2D eigenvalue weighted by atomic mass is 10.1. The molecular weight excluding hydrogens is 329 g/mol. The van der Waals surface area contributed by atoms with Crippen LogP contribution in [0.2, 0.25) is 5.02 Å². The van der Waals surface area contributed by atoms with Crippen LogP contribution in [0.3, 0.4) is 0 Å². The molecule has 120 valence electrons. The minimum Gasteiger partial charge on any atom is -0.406 e. The summed E-state index contributed by atoms with van der Waals surface area (Å²) < 4.78 is 40.3. The Morgan fingerprint density at radius 1 is 1.00 bits per heavy atom. The van der Waals surface area contributed by atoms with Crippen molar-refractivity contribution in [2.75, 3.05) is 11.6 Å². The fourth-order valence-corrected chi connectivity index (χ4v) is 2.43. The van der Waals surface area contributed by atoms with Gasteiger partial charge in [0.2, 0.25) is 0 Å². The molecule has 1 aliphatic rings. The highest BCUT2D eigenvalue weighted by Crippen LogP contribution is 2.27. The second-order valence-electron chi connectivity index (χ2n) is 4.97. The zero-order valence-corrected chi connectivity index (χ0v) is 12.6. The van der Waals surface area contributed by atoms with E-state index >= 15 is 0 Å². The predicted octanol–water partition coefficient (Wildman–Crippen LogP) is 4.85. The van der Waals surface area contributed by atoms with E-state index in [1.165, 1.54) is 12.1 Å². The molecular formula is C16H12ClF3N2O. The number of rotatable bonds is 3. The number of hydrogen-bond acceptors (Lipinski definition) is 3. The lowest BCUT2D eigenvalue weighted by Gasteiger charge is -2.14. The number of benzene rings is 2. The van der Waals surface area contributed by atoms with Crippen molar-refractivity contribution >= 4 is 23.0 Å². The van der Waals surface area contributed by atoms with Gasteiger partial charge in [-0.2, -0.15) is 5.10 Å². The highest BCUT2D eigenvalue weighted by Gasteiger charge is 2.31. The van der Waals surface area contributed by atoms with Gasteiger partial charge in [0.15, 0.2) is 0 Å². The molecule has 3 rings (SSSR count).